The summed E-state index contributed by atoms with van der Waals surface area (Å²) in [5, 5.41) is 4.30. The summed E-state index contributed by atoms with van der Waals surface area (Å²) in [5.41, 5.74) is 1.79. The molecule has 0 bridgehead atoms. The van der Waals surface area contributed by atoms with Gasteiger partial charge in [-0.25, -0.2) is 4.98 Å². The lowest BCUT2D eigenvalue weighted by molar-refractivity contribution is 0.0892. The highest BCUT2D eigenvalue weighted by molar-refractivity contribution is 5.98. The highest BCUT2D eigenvalue weighted by atomic mass is 16.1. The molecule has 0 aliphatic carbocycles. The lowest BCUT2D eigenvalue weighted by Crippen LogP contribution is -2.46. The summed E-state index contributed by atoms with van der Waals surface area (Å²) in [6, 6.07) is 7.96. The molecule has 1 unspecified atom stereocenters. The molecule has 1 amide bonds. The number of nitrogens with zero attached hydrogens (tertiary/aromatic N) is 3. The van der Waals surface area contributed by atoms with Gasteiger partial charge in [-0.3, -0.25) is 4.79 Å². The number of carbonyl (C=O) groups excluding carboxylic acids is 1. The van der Waals surface area contributed by atoms with E-state index < -0.39 is 0 Å². The van der Waals surface area contributed by atoms with Crippen LogP contribution in [-0.4, -0.2) is 26.1 Å². The number of fused-ring (bicyclic) bond motifs is 1. The third kappa shape index (κ3) is 3.76. The fourth-order valence-corrected chi connectivity index (χ4v) is 3.00. The third-order valence-corrected chi connectivity index (χ3v) is 4.68. The van der Waals surface area contributed by atoms with Crippen molar-refractivity contribution in [1.29, 1.82) is 0 Å². The largest absolute Gasteiger partial charge is 0.348 e. The minimum Gasteiger partial charge on any atom is -0.348 e. The van der Waals surface area contributed by atoms with Gasteiger partial charge < -0.3 is 14.5 Å². The van der Waals surface area contributed by atoms with Crippen LogP contribution in [0.15, 0.2) is 49.2 Å². The van der Waals surface area contributed by atoms with Gasteiger partial charge in [-0.15, -0.1) is 0 Å². The highest BCUT2D eigenvalue weighted by Gasteiger charge is 2.27. The van der Waals surface area contributed by atoms with Gasteiger partial charge >= 0.3 is 0 Å². The molecule has 1 N–H and O–H groups in total. The second-order valence-electron chi connectivity index (χ2n) is 7.53. The predicted molar refractivity (Wildman–Crippen MR) is 101 cm³/mol. The molecule has 25 heavy (non-hydrogen) atoms. The van der Waals surface area contributed by atoms with Crippen molar-refractivity contribution in [2.75, 3.05) is 0 Å². The van der Waals surface area contributed by atoms with E-state index in [-0.39, 0.29) is 17.4 Å². The van der Waals surface area contributed by atoms with Crippen LogP contribution in [-0.2, 0) is 13.1 Å². The van der Waals surface area contributed by atoms with E-state index in [4.69, 9.17) is 0 Å². The van der Waals surface area contributed by atoms with E-state index >= 15 is 0 Å². The molecule has 1 atom stereocenters. The second-order valence-corrected chi connectivity index (χ2v) is 7.53. The van der Waals surface area contributed by atoms with Gasteiger partial charge in [0, 0.05) is 48.1 Å². The monoisotopic (exact) mass is 338 g/mol. The van der Waals surface area contributed by atoms with Crippen molar-refractivity contribution in [1.82, 2.24) is 19.4 Å². The van der Waals surface area contributed by atoms with Gasteiger partial charge in [0.25, 0.3) is 5.91 Å². The number of benzene rings is 1. The molecule has 0 saturated heterocycles. The molecule has 5 nitrogen and oxygen atoms in total. The van der Waals surface area contributed by atoms with Crippen molar-refractivity contribution in [3.8, 4) is 0 Å². The van der Waals surface area contributed by atoms with E-state index in [2.05, 4.69) is 54.8 Å². The summed E-state index contributed by atoms with van der Waals surface area (Å²) in [4.78, 5) is 16.9. The molecule has 0 aliphatic heterocycles. The van der Waals surface area contributed by atoms with Crippen LogP contribution in [0.5, 0.6) is 0 Å². The topological polar surface area (TPSA) is 51.9 Å². The number of aromatic nitrogens is 3. The minimum atomic E-state index is -0.0600. The zero-order valence-corrected chi connectivity index (χ0v) is 15.4. The molecule has 5 heteroatoms. The van der Waals surface area contributed by atoms with E-state index in [0.717, 1.165) is 17.4 Å². The Bertz CT molecular complexity index is 856. The Morgan fingerprint density at radius 2 is 2.04 bits per heavy atom. The second kappa shape index (κ2) is 6.75. The van der Waals surface area contributed by atoms with E-state index in [9.17, 15) is 4.79 Å². The first-order valence-electron chi connectivity index (χ1n) is 8.74. The summed E-state index contributed by atoms with van der Waals surface area (Å²) in [5.74, 6) is -0.0359. The van der Waals surface area contributed by atoms with Crippen molar-refractivity contribution in [3.63, 3.8) is 0 Å². The minimum absolute atomic E-state index is 0.00476. The maximum Gasteiger partial charge on any atom is 0.251 e. The summed E-state index contributed by atoms with van der Waals surface area (Å²) in [6.45, 7) is 10.2. The Labute approximate surface area is 148 Å². The van der Waals surface area contributed by atoms with E-state index in [1.165, 1.54) is 0 Å². The molecule has 1 aromatic carbocycles. The van der Waals surface area contributed by atoms with Crippen LogP contribution in [0.2, 0.25) is 0 Å². The van der Waals surface area contributed by atoms with E-state index in [0.29, 0.717) is 12.1 Å². The number of aryl methyl sites for hydroxylation is 1. The smallest absolute Gasteiger partial charge is 0.251 e. The first-order chi connectivity index (χ1) is 11.9. The molecular weight excluding hydrogens is 312 g/mol. The molecule has 0 aliphatic rings. The van der Waals surface area contributed by atoms with Gasteiger partial charge in [-0.05, 0) is 36.6 Å². The molecule has 0 fully saturated rings. The molecular formula is C20H26N4O. The fraction of sp³-hybridized carbons (Fsp3) is 0.400. The van der Waals surface area contributed by atoms with Gasteiger partial charge in [0.15, 0.2) is 0 Å². The molecule has 0 radical (unpaired) electrons. The first-order valence-corrected chi connectivity index (χ1v) is 8.74. The van der Waals surface area contributed by atoms with Crippen LogP contribution in [0.4, 0.5) is 0 Å². The van der Waals surface area contributed by atoms with Crippen LogP contribution in [0.3, 0.4) is 0 Å². The summed E-state index contributed by atoms with van der Waals surface area (Å²) >= 11 is 0. The van der Waals surface area contributed by atoms with Gasteiger partial charge in [0.1, 0.15) is 0 Å². The van der Waals surface area contributed by atoms with E-state index in [1.54, 1.807) is 12.5 Å². The highest BCUT2D eigenvalue weighted by Crippen LogP contribution is 2.22. The Kier molecular flexibility index (Phi) is 4.66. The number of carbonyl (C=O) groups is 1. The maximum atomic E-state index is 12.8. The number of hydrogen-bond donors (Lipinski definition) is 1. The number of rotatable bonds is 5. The Hall–Kier alpha value is -2.56. The zero-order valence-electron chi connectivity index (χ0n) is 15.4. The molecule has 3 aromatic rings. The number of imidazole rings is 1. The summed E-state index contributed by atoms with van der Waals surface area (Å²) in [6.07, 6.45) is 7.52. The van der Waals surface area contributed by atoms with Crippen molar-refractivity contribution >= 4 is 16.8 Å². The molecule has 3 rings (SSSR count). The number of amides is 1. The molecule has 0 spiro atoms. The quantitative estimate of drug-likeness (QED) is 0.771. The van der Waals surface area contributed by atoms with Crippen LogP contribution in [0, 0.1) is 5.41 Å². The normalized spacial score (nSPS) is 13.1. The molecule has 0 saturated carbocycles. The van der Waals surface area contributed by atoms with Gasteiger partial charge in [0.2, 0.25) is 0 Å². The van der Waals surface area contributed by atoms with Crippen molar-refractivity contribution in [2.24, 2.45) is 5.41 Å². The summed E-state index contributed by atoms with van der Waals surface area (Å²) in [7, 11) is 0. The Morgan fingerprint density at radius 3 is 2.68 bits per heavy atom. The Balaban J connectivity index is 1.81. The van der Waals surface area contributed by atoms with E-state index in [1.807, 2.05) is 29.0 Å². The molecule has 2 heterocycles. The third-order valence-electron chi connectivity index (χ3n) is 4.68. The predicted octanol–water partition coefficient (Wildman–Crippen LogP) is 3.70. The van der Waals surface area contributed by atoms with Crippen LogP contribution in [0.1, 0.15) is 38.1 Å². The Morgan fingerprint density at radius 1 is 1.24 bits per heavy atom. The van der Waals surface area contributed by atoms with Crippen molar-refractivity contribution < 1.29 is 4.79 Å². The lowest BCUT2D eigenvalue weighted by Gasteiger charge is -2.31. The average molecular weight is 338 g/mol. The van der Waals surface area contributed by atoms with Gasteiger partial charge in [-0.2, -0.15) is 0 Å². The summed E-state index contributed by atoms with van der Waals surface area (Å²) < 4.78 is 4.18. The van der Waals surface area contributed by atoms with Gasteiger partial charge in [-0.1, -0.05) is 20.8 Å². The van der Waals surface area contributed by atoms with Crippen LogP contribution in [0.25, 0.3) is 10.9 Å². The standard InChI is InChI=1S/C20H26N4O/c1-5-24-10-8-15-12-16(6-7-17(15)24)19(25)22-18(20(2,3)4)13-23-11-9-21-14-23/h6-12,14,18H,5,13H2,1-4H3,(H,22,25). The SMILES string of the molecule is CCn1ccc2cc(C(=O)NC(Cn3ccnc3)C(C)(C)C)ccc21. The first kappa shape index (κ1) is 17.3. The molecule has 132 valence electrons. The van der Waals surface area contributed by atoms with Crippen LogP contribution >= 0.6 is 0 Å². The van der Waals surface area contributed by atoms with Crippen LogP contribution < -0.4 is 5.32 Å². The van der Waals surface area contributed by atoms with Gasteiger partial charge in [0.05, 0.1) is 12.4 Å². The van der Waals surface area contributed by atoms with Crippen molar-refractivity contribution in [3.05, 3.63) is 54.7 Å². The maximum absolute atomic E-state index is 12.8. The number of nitrogens with one attached hydrogen (secondary N) is 1. The van der Waals surface area contributed by atoms with Crippen molar-refractivity contribution in [2.45, 2.75) is 46.8 Å². The average Bonchev–Trinajstić information content (AvgIpc) is 3.21. The zero-order chi connectivity index (χ0) is 18.0. The number of hydrogen-bond acceptors (Lipinski definition) is 2. The lowest BCUT2D eigenvalue weighted by atomic mass is 9.86. The molecule has 2 aromatic heterocycles. The fourth-order valence-electron chi connectivity index (χ4n) is 3.00.